The van der Waals surface area contributed by atoms with Gasteiger partial charge >= 0.3 is 5.97 Å². The number of esters is 1. The molecule has 28 heavy (non-hydrogen) atoms. The number of anilines is 1. The summed E-state index contributed by atoms with van der Waals surface area (Å²) in [6.45, 7) is 2.21. The van der Waals surface area contributed by atoms with E-state index in [-0.39, 0.29) is 0 Å². The Morgan fingerprint density at radius 2 is 1.86 bits per heavy atom. The van der Waals surface area contributed by atoms with Crippen molar-refractivity contribution in [3.63, 3.8) is 0 Å². The van der Waals surface area contributed by atoms with Crippen LogP contribution in [0.25, 0.3) is 11.0 Å². The van der Waals surface area contributed by atoms with Gasteiger partial charge in [0, 0.05) is 18.3 Å². The molecule has 146 valence electrons. The van der Waals surface area contributed by atoms with Crippen LogP contribution in [0, 0.1) is 0 Å². The highest BCUT2D eigenvalue weighted by atomic mass is 16.5. The van der Waals surface area contributed by atoms with Gasteiger partial charge in [-0.1, -0.05) is 5.21 Å². The van der Waals surface area contributed by atoms with E-state index >= 15 is 0 Å². The van der Waals surface area contributed by atoms with Gasteiger partial charge < -0.3 is 19.5 Å². The minimum Gasteiger partial charge on any atom is -0.493 e. The molecule has 0 aliphatic carbocycles. The van der Waals surface area contributed by atoms with Crippen molar-refractivity contribution in [3.8, 4) is 11.5 Å². The molecule has 1 amide bonds. The fourth-order valence-electron chi connectivity index (χ4n) is 2.66. The molecule has 1 N–H and O–H groups in total. The predicted octanol–water partition coefficient (Wildman–Crippen LogP) is 2.26. The third-order valence-corrected chi connectivity index (χ3v) is 4.05. The lowest BCUT2D eigenvalue weighted by atomic mass is 10.2. The number of hydrogen-bond donors (Lipinski definition) is 1. The van der Waals surface area contributed by atoms with Crippen molar-refractivity contribution in [3.05, 3.63) is 42.0 Å². The summed E-state index contributed by atoms with van der Waals surface area (Å²) in [6, 6.07) is 9.89. The quantitative estimate of drug-likeness (QED) is 0.623. The van der Waals surface area contributed by atoms with Gasteiger partial charge in [-0.05, 0) is 37.3 Å². The first-order valence-electron chi connectivity index (χ1n) is 8.58. The highest BCUT2D eigenvalue weighted by molar-refractivity contribution is 5.97. The Labute approximate surface area is 161 Å². The summed E-state index contributed by atoms with van der Waals surface area (Å²) in [5.74, 6) is -0.0676. The molecule has 0 radical (unpaired) electrons. The van der Waals surface area contributed by atoms with Gasteiger partial charge in [0.15, 0.2) is 18.1 Å². The van der Waals surface area contributed by atoms with E-state index < -0.39 is 18.5 Å². The normalized spacial score (nSPS) is 10.5. The van der Waals surface area contributed by atoms with E-state index in [1.807, 2.05) is 6.92 Å². The van der Waals surface area contributed by atoms with Crippen LogP contribution < -0.4 is 14.8 Å². The molecule has 1 aromatic heterocycles. The molecule has 0 aliphatic heterocycles. The van der Waals surface area contributed by atoms with Crippen molar-refractivity contribution >= 4 is 28.6 Å². The molecule has 0 spiro atoms. The monoisotopic (exact) mass is 384 g/mol. The lowest BCUT2D eigenvalue weighted by Gasteiger charge is -2.11. The van der Waals surface area contributed by atoms with Crippen molar-refractivity contribution < 1.29 is 23.8 Å². The largest absolute Gasteiger partial charge is 0.493 e. The zero-order chi connectivity index (χ0) is 20.1. The van der Waals surface area contributed by atoms with Crippen LogP contribution in [-0.4, -0.2) is 47.7 Å². The fraction of sp³-hybridized carbons (Fsp3) is 0.263. The van der Waals surface area contributed by atoms with Crippen LogP contribution in [0.5, 0.6) is 11.5 Å². The molecule has 3 rings (SSSR count). The topological polar surface area (TPSA) is 105 Å². The van der Waals surface area contributed by atoms with E-state index in [4.69, 9.17) is 14.2 Å². The second-order valence-electron chi connectivity index (χ2n) is 5.80. The van der Waals surface area contributed by atoms with Gasteiger partial charge in [0.25, 0.3) is 5.91 Å². The molecule has 2 aromatic carbocycles. The number of methoxy groups -OCH3 is 2. The summed E-state index contributed by atoms with van der Waals surface area (Å²) >= 11 is 0. The maximum absolute atomic E-state index is 12.2. The number of nitrogens with one attached hydrogen (secondary N) is 1. The highest BCUT2D eigenvalue weighted by Crippen LogP contribution is 2.29. The van der Waals surface area contributed by atoms with Gasteiger partial charge in [-0.2, -0.15) is 0 Å². The Morgan fingerprint density at radius 1 is 1.07 bits per heavy atom. The van der Waals surface area contributed by atoms with Gasteiger partial charge in [0.1, 0.15) is 5.52 Å². The van der Waals surface area contributed by atoms with Crippen molar-refractivity contribution in [1.29, 1.82) is 0 Å². The first kappa shape index (κ1) is 19.2. The molecule has 9 nitrogen and oxygen atoms in total. The van der Waals surface area contributed by atoms with Crippen LogP contribution in [0.2, 0.25) is 0 Å². The van der Waals surface area contributed by atoms with Crippen molar-refractivity contribution in [1.82, 2.24) is 15.0 Å². The van der Waals surface area contributed by atoms with Crippen LogP contribution in [0.15, 0.2) is 36.4 Å². The second kappa shape index (κ2) is 8.38. The molecule has 0 fully saturated rings. The van der Waals surface area contributed by atoms with Gasteiger partial charge in [-0.3, -0.25) is 4.79 Å². The van der Waals surface area contributed by atoms with Crippen LogP contribution in [0.1, 0.15) is 17.3 Å². The summed E-state index contributed by atoms with van der Waals surface area (Å²) in [6.07, 6.45) is 0. The van der Waals surface area contributed by atoms with Crippen molar-refractivity contribution in [2.75, 3.05) is 26.1 Å². The van der Waals surface area contributed by atoms with Crippen molar-refractivity contribution in [2.24, 2.45) is 0 Å². The molecular formula is C19H20N4O5. The Bertz CT molecular complexity index is 1010. The fourth-order valence-corrected chi connectivity index (χ4v) is 2.66. The van der Waals surface area contributed by atoms with E-state index in [2.05, 4.69) is 15.6 Å². The number of carbonyl (C=O) groups is 2. The average Bonchev–Trinajstić information content (AvgIpc) is 3.14. The number of hydrogen-bond acceptors (Lipinski definition) is 7. The summed E-state index contributed by atoms with van der Waals surface area (Å²) < 4.78 is 17.1. The smallest absolute Gasteiger partial charge is 0.338 e. The van der Waals surface area contributed by atoms with Crippen molar-refractivity contribution in [2.45, 2.75) is 13.5 Å². The highest BCUT2D eigenvalue weighted by Gasteiger charge is 2.14. The SMILES string of the molecule is CCn1nnc2cc(C(=O)OCC(=O)Nc3ccc(OC)c(OC)c3)ccc21. The molecule has 0 atom stereocenters. The third kappa shape index (κ3) is 4.03. The van der Waals surface area contributed by atoms with Gasteiger partial charge in [0.05, 0.1) is 25.3 Å². The molecule has 9 heteroatoms. The Balaban J connectivity index is 1.60. The molecule has 0 unspecified atom stereocenters. The van der Waals surface area contributed by atoms with Crippen LogP contribution in [0.3, 0.4) is 0 Å². The number of amides is 1. The first-order chi connectivity index (χ1) is 13.5. The van der Waals surface area contributed by atoms with E-state index in [0.29, 0.717) is 34.8 Å². The maximum Gasteiger partial charge on any atom is 0.338 e. The van der Waals surface area contributed by atoms with Gasteiger partial charge in [-0.25, -0.2) is 9.48 Å². The number of nitrogens with zero attached hydrogens (tertiary/aromatic N) is 3. The Hall–Kier alpha value is -3.62. The van der Waals surface area contributed by atoms with Gasteiger partial charge in [0.2, 0.25) is 0 Å². The third-order valence-electron chi connectivity index (χ3n) is 4.05. The maximum atomic E-state index is 12.2. The number of aryl methyl sites for hydroxylation is 1. The first-order valence-corrected chi connectivity index (χ1v) is 8.58. The molecule has 0 aliphatic rings. The van der Waals surface area contributed by atoms with E-state index in [1.165, 1.54) is 14.2 Å². The van der Waals surface area contributed by atoms with E-state index in [9.17, 15) is 9.59 Å². The number of fused-ring (bicyclic) bond motifs is 1. The van der Waals surface area contributed by atoms with E-state index in [1.54, 1.807) is 41.1 Å². The summed E-state index contributed by atoms with van der Waals surface area (Å²) in [4.78, 5) is 24.3. The number of ether oxygens (including phenoxy) is 3. The molecule has 1 heterocycles. The second-order valence-corrected chi connectivity index (χ2v) is 5.80. The molecule has 0 bridgehead atoms. The Morgan fingerprint density at radius 3 is 2.57 bits per heavy atom. The summed E-state index contributed by atoms with van der Waals surface area (Å²) in [7, 11) is 3.02. The molecule has 0 saturated carbocycles. The lowest BCUT2D eigenvalue weighted by molar-refractivity contribution is -0.119. The molecule has 0 saturated heterocycles. The summed E-state index contributed by atoms with van der Waals surface area (Å²) in [5.41, 5.74) is 2.21. The molecule has 3 aromatic rings. The predicted molar refractivity (Wildman–Crippen MR) is 102 cm³/mol. The number of benzene rings is 2. The number of rotatable bonds is 7. The van der Waals surface area contributed by atoms with Crippen LogP contribution >= 0.6 is 0 Å². The van der Waals surface area contributed by atoms with Crippen LogP contribution in [-0.2, 0) is 16.1 Å². The number of carbonyl (C=O) groups excluding carboxylic acids is 2. The molecular weight excluding hydrogens is 364 g/mol. The standard InChI is InChI=1S/C19H20N4O5/c1-4-23-15-7-5-12(9-14(15)21-22-23)19(25)28-11-18(24)20-13-6-8-16(26-2)17(10-13)27-3/h5-10H,4,11H2,1-3H3,(H,20,24). The zero-order valence-corrected chi connectivity index (χ0v) is 15.8. The minimum atomic E-state index is -0.615. The van der Waals surface area contributed by atoms with E-state index in [0.717, 1.165) is 5.52 Å². The Kier molecular flexibility index (Phi) is 5.73. The zero-order valence-electron chi connectivity index (χ0n) is 15.8. The average molecular weight is 384 g/mol. The minimum absolute atomic E-state index is 0.301. The lowest BCUT2D eigenvalue weighted by Crippen LogP contribution is -2.21. The van der Waals surface area contributed by atoms with Gasteiger partial charge in [-0.15, -0.1) is 5.10 Å². The number of aromatic nitrogens is 3. The van der Waals surface area contributed by atoms with Crippen LogP contribution in [0.4, 0.5) is 5.69 Å². The summed E-state index contributed by atoms with van der Waals surface area (Å²) in [5, 5.41) is 10.6.